The second-order valence-electron chi connectivity index (χ2n) is 9.29. The zero-order chi connectivity index (χ0) is 22.1. The molecule has 1 aliphatic carbocycles. The summed E-state index contributed by atoms with van der Waals surface area (Å²) in [6, 6.07) is 18.0. The monoisotopic (exact) mass is 430 g/mol. The van der Waals surface area contributed by atoms with E-state index in [1.807, 2.05) is 23.0 Å². The molecule has 1 aliphatic rings. The van der Waals surface area contributed by atoms with Crippen LogP contribution >= 0.6 is 0 Å². The van der Waals surface area contributed by atoms with E-state index in [2.05, 4.69) is 59.4 Å². The van der Waals surface area contributed by atoms with Gasteiger partial charge >= 0.3 is 0 Å². The van der Waals surface area contributed by atoms with E-state index >= 15 is 0 Å². The Kier molecular flexibility index (Phi) is 5.60. The van der Waals surface area contributed by atoms with Gasteiger partial charge in [0.25, 0.3) is 0 Å². The topological polar surface area (TPSA) is 36.9 Å². The average Bonchev–Trinajstić information content (AvgIpc) is 3.46. The van der Waals surface area contributed by atoms with Gasteiger partial charge in [0.1, 0.15) is 5.82 Å². The zero-order valence-corrected chi connectivity index (χ0v) is 18.9. The number of aromatic nitrogens is 3. The molecule has 1 saturated carbocycles. The molecule has 166 valence electrons. The van der Waals surface area contributed by atoms with Gasteiger partial charge in [-0.2, -0.15) is 5.10 Å². The second-order valence-corrected chi connectivity index (χ2v) is 9.29. The van der Waals surface area contributed by atoms with Crippen molar-refractivity contribution in [1.82, 2.24) is 19.7 Å². The lowest BCUT2D eigenvalue weighted by Gasteiger charge is -2.45. The molecule has 2 heterocycles. The molecular formula is C27H31FN4. The number of nitrogens with zero attached hydrogens (tertiary/aromatic N) is 3. The molecule has 0 spiro atoms. The van der Waals surface area contributed by atoms with Gasteiger partial charge in [-0.25, -0.2) is 4.39 Å². The summed E-state index contributed by atoms with van der Waals surface area (Å²) in [5, 5.41) is 5.37. The molecule has 5 heteroatoms. The molecule has 4 nitrogen and oxygen atoms in total. The number of hydrogen-bond donors (Lipinski definition) is 1. The fourth-order valence-electron chi connectivity index (χ4n) is 5.64. The first-order chi connectivity index (χ1) is 15.6. The van der Waals surface area contributed by atoms with Gasteiger partial charge in [0.2, 0.25) is 0 Å². The van der Waals surface area contributed by atoms with Crippen molar-refractivity contribution in [3.63, 3.8) is 0 Å². The Bertz CT molecular complexity index is 1170. The van der Waals surface area contributed by atoms with E-state index in [9.17, 15) is 4.39 Å². The number of hydrogen-bond acceptors (Lipinski definition) is 2. The first-order valence-electron chi connectivity index (χ1n) is 11.6. The van der Waals surface area contributed by atoms with Crippen LogP contribution in [0.3, 0.4) is 0 Å². The maximum absolute atomic E-state index is 14.1. The third kappa shape index (κ3) is 3.75. The molecular weight excluding hydrogens is 399 g/mol. The van der Waals surface area contributed by atoms with Crippen LogP contribution in [0.2, 0.25) is 0 Å². The molecule has 1 fully saturated rings. The van der Waals surface area contributed by atoms with E-state index in [1.165, 1.54) is 16.8 Å². The summed E-state index contributed by atoms with van der Waals surface area (Å²) in [4.78, 5) is 6.08. The Morgan fingerprint density at radius 3 is 2.56 bits per heavy atom. The summed E-state index contributed by atoms with van der Waals surface area (Å²) in [6.07, 6.45) is 9.07. The lowest BCUT2D eigenvalue weighted by atomic mass is 9.70. The highest BCUT2D eigenvalue weighted by atomic mass is 19.1. The summed E-state index contributed by atoms with van der Waals surface area (Å²) in [5.41, 5.74) is 5.05. The van der Waals surface area contributed by atoms with Crippen molar-refractivity contribution in [2.75, 3.05) is 14.1 Å². The fourth-order valence-corrected chi connectivity index (χ4v) is 5.64. The van der Waals surface area contributed by atoms with E-state index < -0.39 is 0 Å². The number of fused-ring (bicyclic) bond motifs is 1. The van der Waals surface area contributed by atoms with Crippen LogP contribution < -0.4 is 0 Å². The van der Waals surface area contributed by atoms with Gasteiger partial charge in [-0.3, -0.25) is 9.58 Å². The molecule has 2 aromatic carbocycles. The molecule has 0 unspecified atom stereocenters. The molecule has 0 bridgehead atoms. The van der Waals surface area contributed by atoms with Gasteiger partial charge in [0, 0.05) is 41.1 Å². The Morgan fingerprint density at radius 1 is 1.09 bits per heavy atom. The third-order valence-corrected chi connectivity index (χ3v) is 7.44. The molecule has 1 N–H and O–H groups in total. The number of aromatic amines is 1. The minimum absolute atomic E-state index is 0.0745. The van der Waals surface area contributed by atoms with Crippen LogP contribution in [0.5, 0.6) is 0 Å². The molecule has 0 saturated heterocycles. The van der Waals surface area contributed by atoms with Crippen LogP contribution in [0.15, 0.2) is 67.0 Å². The highest BCUT2D eigenvalue weighted by Crippen LogP contribution is 2.47. The number of nitrogens with one attached hydrogen (secondary N) is 1. The van der Waals surface area contributed by atoms with E-state index in [-0.39, 0.29) is 11.4 Å². The van der Waals surface area contributed by atoms with Crippen molar-refractivity contribution in [2.45, 2.75) is 50.1 Å². The molecule has 0 atom stereocenters. The lowest BCUT2D eigenvalue weighted by Crippen LogP contribution is -2.44. The highest BCUT2D eigenvalue weighted by Gasteiger charge is 2.39. The van der Waals surface area contributed by atoms with Crippen LogP contribution in [0.1, 0.15) is 48.4 Å². The van der Waals surface area contributed by atoms with Crippen molar-refractivity contribution in [1.29, 1.82) is 0 Å². The molecule has 2 aromatic heterocycles. The zero-order valence-electron chi connectivity index (χ0n) is 18.9. The van der Waals surface area contributed by atoms with Crippen LogP contribution in [0, 0.1) is 5.82 Å². The molecule has 0 amide bonds. The maximum Gasteiger partial charge on any atom is 0.123 e. The molecule has 32 heavy (non-hydrogen) atoms. The second kappa shape index (κ2) is 8.55. The number of aryl methyl sites for hydroxylation is 2. The first-order valence-corrected chi connectivity index (χ1v) is 11.6. The molecule has 0 radical (unpaired) electrons. The van der Waals surface area contributed by atoms with Crippen molar-refractivity contribution in [3.05, 3.63) is 89.6 Å². The molecule has 5 rings (SSSR count). The van der Waals surface area contributed by atoms with Gasteiger partial charge in [-0.05, 0) is 87.5 Å². The van der Waals surface area contributed by atoms with E-state index in [1.54, 1.807) is 18.3 Å². The third-order valence-electron chi connectivity index (χ3n) is 7.44. The van der Waals surface area contributed by atoms with E-state index in [4.69, 9.17) is 0 Å². The summed E-state index contributed by atoms with van der Waals surface area (Å²) in [5.74, 6) is 0.276. The van der Waals surface area contributed by atoms with Crippen LogP contribution in [-0.2, 0) is 18.5 Å². The minimum atomic E-state index is -0.178. The highest BCUT2D eigenvalue weighted by molar-refractivity contribution is 5.85. The largest absolute Gasteiger partial charge is 0.358 e. The van der Waals surface area contributed by atoms with Crippen molar-refractivity contribution >= 4 is 10.9 Å². The number of rotatable bonds is 6. The fraction of sp³-hybridized carbons (Fsp3) is 0.370. The maximum atomic E-state index is 14.1. The van der Waals surface area contributed by atoms with Gasteiger partial charge in [0.05, 0.1) is 0 Å². The Balaban J connectivity index is 1.45. The summed E-state index contributed by atoms with van der Waals surface area (Å²) >= 11 is 0. The van der Waals surface area contributed by atoms with Gasteiger partial charge in [0.15, 0.2) is 0 Å². The van der Waals surface area contributed by atoms with Gasteiger partial charge < -0.3 is 4.98 Å². The Morgan fingerprint density at radius 2 is 1.88 bits per heavy atom. The smallest absolute Gasteiger partial charge is 0.123 e. The Labute approximate surface area is 189 Å². The van der Waals surface area contributed by atoms with Gasteiger partial charge in [-0.15, -0.1) is 0 Å². The number of halogens is 1. The molecule has 4 aromatic rings. The number of H-pyrrole nitrogens is 1. The standard InChI is InChI=1S/C27H31FN4/c1-31(2)27(21-7-4-3-5-8-21)14-11-20(12-15-27)26-23(13-18-32-17-6-16-29-32)24-19-22(28)9-10-25(24)30-26/h3-10,16-17,19-20,30H,11-15,18H2,1-2H3. The predicted molar refractivity (Wildman–Crippen MR) is 127 cm³/mol. The van der Waals surface area contributed by atoms with Crippen LogP contribution in [-0.4, -0.2) is 33.8 Å². The van der Waals surface area contributed by atoms with Crippen molar-refractivity contribution < 1.29 is 4.39 Å². The van der Waals surface area contributed by atoms with Crippen LogP contribution in [0.25, 0.3) is 10.9 Å². The SMILES string of the molecule is CN(C)C1(c2ccccc2)CCC(c2[nH]c3ccc(F)cc3c2CCn2cccn2)CC1. The normalized spacial score (nSPS) is 21.4. The predicted octanol–water partition coefficient (Wildman–Crippen LogP) is 5.86. The minimum Gasteiger partial charge on any atom is -0.358 e. The summed E-state index contributed by atoms with van der Waals surface area (Å²) in [7, 11) is 4.41. The van der Waals surface area contributed by atoms with Crippen molar-refractivity contribution in [3.8, 4) is 0 Å². The van der Waals surface area contributed by atoms with E-state index in [0.717, 1.165) is 49.6 Å². The van der Waals surface area contributed by atoms with Crippen LogP contribution in [0.4, 0.5) is 4.39 Å². The summed E-state index contributed by atoms with van der Waals surface area (Å²) in [6.45, 7) is 0.793. The quantitative estimate of drug-likeness (QED) is 0.416. The average molecular weight is 431 g/mol. The molecule has 0 aliphatic heterocycles. The first kappa shape index (κ1) is 21.0. The number of benzene rings is 2. The summed E-state index contributed by atoms with van der Waals surface area (Å²) < 4.78 is 16.1. The van der Waals surface area contributed by atoms with Crippen molar-refractivity contribution in [2.24, 2.45) is 0 Å². The van der Waals surface area contributed by atoms with E-state index in [0.29, 0.717) is 5.92 Å². The Hall–Kier alpha value is -2.92. The van der Waals surface area contributed by atoms with Gasteiger partial charge in [-0.1, -0.05) is 30.3 Å². The lowest BCUT2D eigenvalue weighted by molar-refractivity contribution is 0.0903.